The van der Waals surface area contributed by atoms with Crippen molar-refractivity contribution >= 4 is 127 Å². The van der Waals surface area contributed by atoms with Gasteiger partial charge in [-0.15, -0.1) is 0 Å². The van der Waals surface area contributed by atoms with Crippen molar-refractivity contribution in [3.63, 3.8) is 0 Å². The van der Waals surface area contributed by atoms with Crippen molar-refractivity contribution < 1.29 is 154 Å². The number of rotatable bonds is 42. The molecule has 11 aromatic rings. The number of phosphoric acid groups is 6. The van der Waals surface area contributed by atoms with Gasteiger partial charge in [-0.1, -0.05) is 18.2 Å². The highest BCUT2D eigenvalue weighted by Gasteiger charge is 2.52. The second-order valence-electron chi connectivity index (χ2n) is 33.5. The van der Waals surface area contributed by atoms with Gasteiger partial charge in [0.1, 0.15) is 134 Å². The number of nitrogen functional groups attached to an aromatic ring is 5. The van der Waals surface area contributed by atoms with Gasteiger partial charge in [0, 0.05) is 68.2 Å². The molecular weight excluding hydrogens is 2070 g/mol. The van der Waals surface area contributed by atoms with Crippen LogP contribution in [0.4, 0.5) is 40.7 Å². The number of benzene rings is 2. The molecule has 1 amide bonds. The van der Waals surface area contributed by atoms with Crippen LogP contribution in [0.2, 0.25) is 0 Å². The van der Waals surface area contributed by atoms with Crippen LogP contribution in [0.1, 0.15) is 98.7 Å². The lowest BCUT2D eigenvalue weighted by atomic mass is 10.1. The molecule has 0 radical (unpaired) electrons. The van der Waals surface area contributed by atoms with Gasteiger partial charge in [-0.2, -0.15) is 30.2 Å². The summed E-state index contributed by atoms with van der Waals surface area (Å²) < 4.78 is 195. The van der Waals surface area contributed by atoms with Gasteiger partial charge in [-0.25, -0.2) is 66.7 Å². The summed E-state index contributed by atoms with van der Waals surface area (Å²) in [5, 5.41) is 21.4. The number of phosphoric ester groups is 6. The molecule has 0 aliphatic carbocycles. The fraction of sp³-hybridized carbons (Fsp3) is 0.467. The summed E-state index contributed by atoms with van der Waals surface area (Å²) in [6.45, 7) is -4.11. The van der Waals surface area contributed by atoms with E-state index >= 15 is 4.57 Å². The molecule has 0 bridgehead atoms. The summed E-state index contributed by atoms with van der Waals surface area (Å²) in [5.41, 5.74) is 23.9. The number of amides is 1. The van der Waals surface area contributed by atoms with E-state index in [1.165, 1.54) is 76.5 Å². The monoisotopic (exact) mass is 2170 g/mol. The Morgan fingerprint density at radius 3 is 1.29 bits per heavy atom. The van der Waals surface area contributed by atoms with Crippen LogP contribution in [0.15, 0.2) is 150 Å². The minimum atomic E-state index is -5.70. The molecule has 9 aromatic heterocycles. The minimum Gasteiger partial charge on any atom is -0.394 e. The second kappa shape index (κ2) is 43.4. The number of aromatic amines is 3. The maximum Gasteiger partial charge on any atom is 0.472 e. The number of azo groups is 1. The molecule has 6 fully saturated rings. The zero-order valence-corrected chi connectivity index (χ0v) is 80.9. The number of aromatic nitrogens is 18. The van der Waals surface area contributed by atoms with E-state index < -0.39 is 294 Å². The average Bonchev–Trinajstić information content (AvgIpc) is 1.63. The summed E-state index contributed by atoms with van der Waals surface area (Å²) in [6.07, 6.45) is -24.7. The summed E-state index contributed by atoms with van der Waals surface area (Å²) in [5.74, 6) is -2.07. The number of hydrogen-bond donors (Lipinski definition) is 17. The number of imidazole rings is 3. The third-order valence-corrected chi connectivity index (χ3v) is 29.1. The number of nitrogens with zero attached hydrogens (tertiary/aromatic N) is 17. The van der Waals surface area contributed by atoms with E-state index in [1.807, 2.05) is 0 Å². The van der Waals surface area contributed by atoms with Crippen molar-refractivity contribution in [3.05, 3.63) is 184 Å². The van der Waals surface area contributed by atoms with Gasteiger partial charge in [0.05, 0.1) is 88.8 Å². The molecule has 25 atom stereocenters. The molecule has 15 heterocycles. The van der Waals surface area contributed by atoms with Crippen LogP contribution < -0.4 is 67.7 Å². The number of carbonyl (C=O) groups excluding carboxylic acids is 1. The van der Waals surface area contributed by atoms with Gasteiger partial charge in [0.25, 0.3) is 22.6 Å². The summed E-state index contributed by atoms with van der Waals surface area (Å²) in [6, 6.07) is 15.1. The molecule has 6 aliphatic rings. The molecule has 2 aromatic carbocycles. The highest BCUT2D eigenvalue weighted by molar-refractivity contribution is 7.48. The standard InChI is InChI=1S/C75H92N26O39P6/c1-34-22-98(75(109)93-67(34)103)56-18-43(138-144(117,118)124-26-48-41(135-141(110,111)112)17-55(130-48)97-15-13-53(77)88-74(97)108)49(131-56)27-126-143(115,116)137-42-19-58(100-32-84-61-65(100)89-71(79)91-69(61)105)129-47(42)25-123-24-39(86-68(104)36-8-10-38(11-9-36)95-94-37-6-4-3-5-7-37)35(2)134-146(121,122)140-45-21-57(99-31-83-60-63(78)81-30-82-64(60)99)132-51(45)29-127-145(119,120)139-44-20-59(101-33-85-62-66(101)90-72(80)92-70(62)106)133-50(44)28-125-142(113,114)136-40-16-54(128-46(40)23-102)96-14-12-52(76)87-73(96)107/h3-15,22,30-33,35,39-51,54-59,102H,16-21,23-29H2,1-2H3,(H,86,104)(H,113,114)(H,115,116)(H,117,118)(H,119,120)(H,121,122)(H2,76,87,107)(H2,77,88,108)(H2,78,81,82)(H,93,103,109)(H2,110,111,112)(H3,79,89,91,105)(H3,80,90,92,106)/t35-,39-,40-,41-,42-,43-,44-,45-,46+,47+,48+,49+,50+,51+,54+,55+,56+,57+,58+,59+/m0/s1. The van der Waals surface area contributed by atoms with Crippen molar-refractivity contribution in [2.75, 3.05) is 74.9 Å². The van der Waals surface area contributed by atoms with Crippen molar-refractivity contribution in [3.8, 4) is 0 Å². The van der Waals surface area contributed by atoms with Gasteiger partial charge >= 0.3 is 64.0 Å². The molecule has 146 heavy (non-hydrogen) atoms. The quantitative estimate of drug-likeness (QED) is 0.0185. The van der Waals surface area contributed by atoms with E-state index in [1.54, 1.807) is 30.3 Å². The molecule has 6 saturated heterocycles. The van der Waals surface area contributed by atoms with Crippen LogP contribution in [-0.4, -0.2) is 264 Å². The Labute approximate surface area is 815 Å². The molecular formula is C75H92N26O39P6. The zero-order chi connectivity index (χ0) is 104. The van der Waals surface area contributed by atoms with E-state index in [9.17, 15) is 95.7 Å². The Balaban J connectivity index is 0.611. The molecule has 6 aliphatic heterocycles. The minimum absolute atomic E-state index is 0.0394. The fourth-order valence-corrected chi connectivity index (χ4v) is 22.2. The lowest BCUT2D eigenvalue weighted by Crippen LogP contribution is -2.47. The first-order chi connectivity index (χ1) is 69.2. The Kier molecular flexibility index (Phi) is 31.5. The molecule has 0 saturated carbocycles. The summed E-state index contributed by atoms with van der Waals surface area (Å²) in [7, 11) is -33.2. The van der Waals surface area contributed by atoms with E-state index in [0.717, 1.165) is 45.1 Å². The maximum absolute atomic E-state index is 15.0. The number of fused-ring (bicyclic) bond motifs is 3. The highest BCUT2D eigenvalue weighted by atomic mass is 31.2. The van der Waals surface area contributed by atoms with E-state index in [2.05, 4.69) is 75.4 Å². The SMILES string of the molecule is Cc1cn([C@H]2C[C@H](OP(=O)(O)OC[C@H]3O[C@@H](n4ccc(N)nc4=O)C[C@@H]3OP(=O)(O)O)[C@@H](COP(=O)(O)O[C@H]3C[C@H](n4cnc5c(=O)[nH]c(N)nc54)O[C@@H]3COC[C@H](NC(=O)c3ccc(N=Nc4ccccc4)cc3)[C@H](C)OP(=O)(O)O[C@H]3C[C@H](n4cnc5c(N)ncnc54)O[C@@H]3COP(=O)(O)O[C@H]3C[C@H](n4cnc5c(=O)[nH]c(N)nc54)O[C@@H]3COP(=O)(O)O[C@H]3C[C@H](n4ccc(N)nc4=O)O[C@@H]3CO)O2)c(=O)[nH]c1=O. The van der Waals surface area contributed by atoms with Crippen LogP contribution >= 0.6 is 46.9 Å². The molecule has 786 valence electrons. The fourth-order valence-electron chi connectivity index (χ4n) is 16.6. The van der Waals surface area contributed by atoms with Crippen LogP contribution in [0.5, 0.6) is 0 Å². The Hall–Kier alpha value is -11.5. The number of H-pyrrole nitrogens is 3. The van der Waals surface area contributed by atoms with Crippen LogP contribution in [0.25, 0.3) is 33.5 Å². The Morgan fingerprint density at radius 2 is 0.849 bits per heavy atom. The number of hydrogen-bond acceptors (Lipinski definition) is 48. The molecule has 22 N–H and O–H groups in total. The second-order valence-corrected chi connectivity index (χ2v) is 41.6. The largest absolute Gasteiger partial charge is 0.472 e. The number of nitrogens with two attached hydrogens (primary N) is 5. The van der Waals surface area contributed by atoms with Crippen LogP contribution in [0, 0.1) is 6.92 Å². The number of anilines is 5. The maximum atomic E-state index is 15.0. The van der Waals surface area contributed by atoms with Gasteiger partial charge in [-0.3, -0.25) is 111 Å². The lowest BCUT2D eigenvalue weighted by molar-refractivity contribution is -0.0724. The lowest BCUT2D eigenvalue weighted by Gasteiger charge is -2.29. The predicted octanol–water partition coefficient (Wildman–Crippen LogP) is 0.701. The van der Waals surface area contributed by atoms with Crippen LogP contribution in [0.3, 0.4) is 0 Å². The number of aliphatic hydroxyl groups excluding tert-OH is 1. The van der Waals surface area contributed by atoms with Gasteiger partial charge in [-0.05, 0) is 62.4 Å². The third kappa shape index (κ3) is 25.2. The Bertz CT molecular complexity index is 7400. The van der Waals surface area contributed by atoms with E-state index in [-0.39, 0.29) is 80.1 Å². The third-order valence-electron chi connectivity index (χ3n) is 23.4. The molecule has 5 unspecified atom stereocenters. The van der Waals surface area contributed by atoms with Crippen molar-refractivity contribution in [2.24, 2.45) is 10.2 Å². The smallest absolute Gasteiger partial charge is 0.394 e. The Morgan fingerprint density at radius 1 is 0.459 bits per heavy atom. The first-order valence-electron chi connectivity index (χ1n) is 43.7. The number of ether oxygens (including phenoxy) is 7. The van der Waals surface area contributed by atoms with Crippen molar-refractivity contribution in [2.45, 2.75) is 175 Å². The first-order valence-corrected chi connectivity index (χ1v) is 52.7. The number of nitrogens with one attached hydrogen (secondary N) is 4. The van der Waals surface area contributed by atoms with Crippen molar-refractivity contribution in [1.29, 1.82) is 0 Å². The molecule has 17 rings (SSSR count). The molecule has 0 spiro atoms. The summed E-state index contributed by atoms with van der Waals surface area (Å²) in [4.78, 5) is 213. The average molecular weight is 2170 g/mol. The van der Waals surface area contributed by atoms with Crippen LogP contribution in [-0.2, 0) is 110 Å². The van der Waals surface area contributed by atoms with E-state index in [0.29, 0.717) is 5.69 Å². The number of aliphatic hydroxyl groups is 1. The van der Waals surface area contributed by atoms with E-state index in [4.69, 9.17) is 112 Å². The summed E-state index contributed by atoms with van der Waals surface area (Å²) >= 11 is 0. The predicted molar refractivity (Wildman–Crippen MR) is 489 cm³/mol. The normalized spacial score (nSPS) is 27.0. The van der Waals surface area contributed by atoms with Gasteiger partial charge in [0.2, 0.25) is 11.9 Å². The molecule has 65 nitrogen and oxygen atoms in total. The molecule has 71 heteroatoms. The number of carbonyl (C=O) groups is 1. The zero-order valence-electron chi connectivity index (χ0n) is 75.5. The first kappa shape index (κ1) is 106. The topological polar surface area (TPSA) is 910 Å². The highest BCUT2D eigenvalue weighted by Crippen LogP contribution is 2.57. The number of aryl methyl sites for hydroxylation is 1. The van der Waals surface area contributed by atoms with Gasteiger partial charge < -0.3 is 107 Å². The van der Waals surface area contributed by atoms with Gasteiger partial charge in [0.15, 0.2) is 33.8 Å². The van der Waals surface area contributed by atoms with Crippen molar-refractivity contribution in [1.82, 2.24) is 92.5 Å².